The Morgan fingerprint density at radius 3 is 2.37 bits per heavy atom. The van der Waals surface area contributed by atoms with Crippen molar-refractivity contribution in [3.05, 3.63) is 65.7 Å². The minimum Gasteiger partial charge on any atom is -0.384 e. The van der Waals surface area contributed by atoms with Crippen molar-refractivity contribution in [3.8, 4) is 11.8 Å². The fourth-order valence-electron chi connectivity index (χ4n) is 1.62. The Kier molecular flexibility index (Phi) is 5.00. The summed E-state index contributed by atoms with van der Waals surface area (Å²) in [6, 6.07) is 17.9. The molecule has 19 heavy (non-hydrogen) atoms. The molecule has 96 valence electrons. The number of para-hydroxylation sites is 1. The topological polar surface area (TPSA) is 44.3 Å². The second-order valence-corrected chi connectivity index (χ2v) is 4.00. The molecule has 0 saturated heterocycles. The number of hydrogen-bond donors (Lipinski definition) is 3. The summed E-state index contributed by atoms with van der Waals surface area (Å²) >= 11 is 0. The van der Waals surface area contributed by atoms with Gasteiger partial charge in [0, 0.05) is 17.8 Å². The van der Waals surface area contributed by atoms with Crippen LogP contribution in [0.15, 0.2) is 54.6 Å². The zero-order chi connectivity index (χ0) is 13.3. The summed E-state index contributed by atoms with van der Waals surface area (Å²) in [6.45, 7) is 0.618. The van der Waals surface area contributed by atoms with Crippen molar-refractivity contribution in [3.63, 3.8) is 0 Å². The Hall–Kier alpha value is -2.28. The van der Waals surface area contributed by atoms with Gasteiger partial charge in [0.25, 0.3) is 0 Å². The van der Waals surface area contributed by atoms with Crippen molar-refractivity contribution in [2.24, 2.45) is 0 Å². The van der Waals surface area contributed by atoms with Crippen molar-refractivity contribution >= 4 is 5.69 Å². The largest absolute Gasteiger partial charge is 0.384 e. The van der Waals surface area contributed by atoms with Gasteiger partial charge in [0.1, 0.15) is 6.61 Å². The quantitative estimate of drug-likeness (QED) is 0.577. The first kappa shape index (κ1) is 13.2. The molecule has 0 aliphatic rings. The lowest BCUT2D eigenvalue weighted by atomic mass is 10.1. The zero-order valence-corrected chi connectivity index (χ0v) is 10.6. The first-order valence-electron chi connectivity index (χ1n) is 6.11. The zero-order valence-electron chi connectivity index (χ0n) is 10.6. The van der Waals surface area contributed by atoms with Crippen molar-refractivity contribution in [1.82, 2.24) is 5.43 Å². The first-order chi connectivity index (χ1) is 9.38. The summed E-state index contributed by atoms with van der Waals surface area (Å²) in [7, 11) is 0. The molecular weight excluding hydrogens is 236 g/mol. The van der Waals surface area contributed by atoms with Gasteiger partial charge in [-0.1, -0.05) is 42.2 Å². The molecule has 0 spiro atoms. The molecule has 0 aliphatic carbocycles. The molecular formula is C16H16N2O. The van der Waals surface area contributed by atoms with Gasteiger partial charge in [-0.25, -0.2) is 5.43 Å². The van der Waals surface area contributed by atoms with Crippen LogP contribution in [0.25, 0.3) is 0 Å². The summed E-state index contributed by atoms with van der Waals surface area (Å²) < 4.78 is 0. The highest BCUT2D eigenvalue weighted by atomic mass is 16.2. The van der Waals surface area contributed by atoms with Crippen LogP contribution >= 0.6 is 0 Å². The van der Waals surface area contributed by atoms with Crippen molar-refractivity contribution < 1.29 is 5.11 Å². The minimum absolute atomic E-state index is 0.107. The van der Waals surface area contributed by atoms with Gasteiger partial charge in [-0.3, -0.25) is 0 Å². The van der Waals surface area contributed by atoms with Gasteiger partial charge in [-0.05, 0) is 29.8 Å². The summed E-state index contributed by atoms with van der Waals surface area (Å²) in [5, 5.41) is 8.61. The molecule has 0 atom stereocenters. The van der Waals surface area contributed by atoms with E-state index in [1.807, 2.05) is 54.6 Å². The van der Waals surface area contributed by atoms with E-state index in [0.717, 1.165) is 23.4 Å². The number of hydrogen-bond acceptors (Lipinski definition) is 3. The molecule has 0 radical (unpaired) electrons. The molecule has 0 unspecified atom stereocenters. The van der Waals surface area contributed by atoms with Crippen molar-refractivity contribution in [2.75, 3.05) is 12.0 Å². The standard InChI is InChI=1S/C16H16N2O/c19-12-4-5-14-8-10-15(11-9-14)13-17-18-16-6-2-1-3-7-16/h1-3,6-11,17-19H,12-13H2. The van der Waals surface area contributed by atoms with Crippen LogP contribution in [0.3, 0.4) is 0 Å². The number of rotatable bonds is 4. The van der Waals surface area contributed by atoms with E-state index in [1.165, 1.54) is 0 Å². The third kappa shape index (κ3) is 4.47. The monoisotopic (exact) mass is 252 g/mol. The average Bonchev–Trinajstić information content (AvgIpc) is 2.47. The van der Waals surface area contributed by atoms with E-state index in [4.69, 9.17) is 5.11 Å². The van der Waals surface area contributed by atoms with E-state index in [2.05, 4.69) is 22.7 Å². The van der Waals surface area contributed by atoms with Crippen LogP contribution < -0.4 is 10.9 Å². The van der Waals surface area contributed by atoms with Gasteiger partial charge in [0.05, 0.1) is 0 Å². The van der Waals surface area contributed by atoms with Gasteiger partial charge in [0.15, 0.2) is 0 Å². The number of benzene rings is 2. The number of aliphatic hydroxyl groups is 1. The predicted octanol–water partition coefficient (Wildman–Crippen LogP) is 2.15. The molecule has 2 aromatic rings. The smallest absolute Gasteiger partial charge is 0.104 e. The van der Waals surface area contributed by atoms with Crippen LogP contribution in [0, 0.1) is 11.8 Å². The molecule has 3 N–H and O–H groups in total. The van der Waals surface area contributed by atoms with Crippen LogP contribution in [0.1, 0.15) is 11.1 Å². The first-order valence-corrected chi connectivity index (χ1v) is 6.11. The van der Waals surface area contributed by atoms with E-state index in [-0.39, 0.29) is 6.61 Å². The lowest BCUT2D eigenvalue weighted by Gasteiger charge is -2.08. The van der Waals surface area contributed by atoms with E-state index in [1.54, 1.807) is 0 Å². The highest BCUT2D eigenvalue weighted by Crippen LogP contribution is 2.05. The van der Waals surface area contributed by atoms with E-state index in [0.29, 0.717) is 0 Å². The number of nitrogens with one attached hydrogen (secondary N) is 2. The molecule has 2 aromatic carbocycles. The van der Waals surface area contributed by atoms with E-state index >= 15 is 0 Å². The Morgan fingerprint density at radius 1 is 0.947 bits per heavy atom. The van der Waals surface area contributed by atoms with Crippen LogP contribution in [0.5, 0.6) is 0 Å². The number of anilines is 1. The molecule has 0 aromatic heterocycles. The number of hydrazine groups is 1. The molecule has 3 nitrogen and oxygen atoms in total. The molecule has 0 amide bonds. The maximum atomic E-state index is 8.61. The molecule has 0 fully saturated rings. The average molecular weight is 252 g/mol. The number of aliphatic hydroxyl groups excluding tert-OH is 1. The summed E-state index contributed by atoms with van der Waals surface area (Å²) in [5.41, 5.74) is 9.40. The second kappa shape index (κ2) is 7.22. The van der Waals surface area contributed by atoms with Crippen LogP contribution in [-0.2, 0) is 6.54 Å². The van der Waals surface area contributed by atoms with E-state index < -0.39 is 0 Å². The second-order valence-electron chi connectivity index (χ2n) is 4.00. The highest BCUT2D eigenvalue weighted by molar-refractivity contribution is 5.41. The molecule has 0 aliphatic heterocycles. The summed E-state index contributed by atoms with van der Waals surface area (Å²) in [4.78, 5) is 0. The van der Waals surface area contributed by atoms with Crippen LogP contribution in [0.2, 0.25) is 0 Å². The van der Waals surface area contributed by atoms with E-state index in [9.17, 15) is 0 Å². The van der Waals surface area contributed by atoms with Gasteiger partial charge < -0.3 is 10.5 Å². The predicted molar refractivity (Wildman–Crippen MR) is 77.3 cm³/mol. The lowest BCUT2D eigenvalue weighted by Crippen LogP contribution is -2.20. The third-order valence-electron chi connectivity index (χ3n) is 2.56. The Bertz CT molecular complexity index is 553. The summed E-state index contributed by atoms with van der Waals surface area (Å²) in [6.07, 6.45) is 0. The van der Waals surface area contributed by atoms with Crippen molar-refractivity contribution in [1.29, 1.82) is 0 Å². The van der Waals surface area contributed by atoms with Crippen LogP contribution in [-0.4, -0.2) is 11.7 Å². The summed E-state index contributed by atoms with van der Waals surface area (Å²) in [5.74, 6) is 5.49. The highest BCUT2D eigenvalue weighted by Gasteiger charge is 1.93. The van der Waals surface area contributed by atoms with Crippen molar-refractivity contribution in [2.45, 2.75) is 6.54 Å². The SMILES string of the molecule is OCC#Cc1ccc(CNNc2ccccc2)cc1. The van der Waals surface area contributed by atoms with Gasteiger partial charge in [0.2, 0.25) is 0 Å². The lowest BCUT2D eigenvalue weighted by molar-refractivity contribution is 0.350. The Balaban J connectivity index is 1.83. The molecule has 0 bridgehead atoms. The molecule has 0 heterocycles. The Labute approximate surface area is 113 Å². The molecule has 0 saturated carbocycles. The fraction of sp³-hybridized carbons (Fsp3) is 0.125. The normalized spacial score (nSPS) is 9.53. The van der Waals surface area contributed by atoms with Gasteiger partial charge in [-0.15, -0.1) is 0 Å². The van der Waals surface area contributed by atoms with Gasteiger partial charge in [-0.2, -0.15) is 0 Å². The van der Waals surface area contributed by atoms with Crippen LogP contribution in [0.4, 0.5) is 5.69 Å². The minimum atomic E-state index is -0.107. The molecule has 3 heteroatoms. The maximum Gasteiger partial charge on any atom is 0.104 e. The maximum absolute atomic E-state index is 8.61. The van der Waals surface area contributed by atoms with Gasteiger partial charge >= 0.3 is 0 Å². The molecule has 2 rings (SSSR count). The third-order valence-corrected chi connectivity index (χ3v) is 2.56. The fourth-order valence-corrected chi connectivity index (χ4v) is 1.62. The Morgan fingerprint density at radius 2 is 1.68 bits per heavy atom.